The van der Waals surface area contributed by atoms with Crippen LogP contribution in [-0.2, 0) is 34.5 Å². The molecule has 0 radical (unpaired) electrons. The number of aliphatic hydroxyl groups excluding tert-OH is 2. The first-order chi connectivity index (χ1) is 19.4. The van der Waals surface area contributed by atoms with Gasteiger partial charge in [-0.25, -0.2) is 14.6 Å². The zero-order chi connectivity index (χ0) is 29.9. The zero-order valence-electron chi connectivity index (χ0n) is 23.3. The Kier molecular flexibility index (Phi) is 9.59. The van der Waals surface area contributed by atoms with Crippen LogP contribution in [-0.4, -0.2) is 79.9 Å². The lowest BCUT2D eigenvalue weighted by Gasteiger charge is -2.25. The van der Waals surface area contributed by atoms with Gasteiger partial charge in [0.05, 0.1) is 32.8 Å². The van der Waals surface area contributed by atoms with Gasteiger partial charge in [0.2, 0.25) is 11.8 Å². The minimum Gasteiger partial charge on any atom is -0.479 e. The molecule has 3 aromatic rings. The summed E-state index contributed by atoms with van der Waals surface area (Å²) in [5.41, 5.74) is 7.92. The van der Waals surface area contributed by atoms with Gasteiger partial charge >= 0.3 is 13.7 Å². The molecule has 4 rings (SSSR count). The highest BCUT2D eigenvalue weighted by Crippen LogP contribution is 2.46. The number of methoxy groups -OCH3 is 1. The van der Waals surface area contributed by atoms with E-state index in [4.69, 9.17) is 29.0 Å². The molecule has 41 heavy (non-hydrogen) atoms. The van der Waals surface area contributed by atoms with Gasteiger partial charge in [-0.3, -0.25) is 18.4 Å². The van der Waals surface area contributed by atoms with Gasteiger partial charge in [-0.1, -0.05) is 24.3 Å². The molecule has 1 saturated heterocycles. The highest BCUT2D eigenvalue weighted by Gasteiger charge is 2.46. The SMILES string of the molecule is COc1nc(N)nc2c1ncn2[C@@H]1O[C@H](CO[P@@](=O)(N[C@H](C)C(=O)OC(C)C)OCc2ccccc2C)[C@@H](O)[C@@H]1O. The van der Waals surface area contributed by atoms with Crippen molar-refractivity contribution in [2.45, 2.75) is 71.0 Å². The average molecular weight is 595 g/mol. The summed E-state index contributed by atoms with van der Waals surface area (Å²) in [6.07, 6.45) is -4.24. The molecule has 0 aliphatic carbocycles. The van der Waals surface area contributed by atoms with Crippen molar-refractivity contribution < 1.29 is 42.8 Å². The summed E-state index contributed by atoms with van der Waals surface area (Å²) in [6, 6.07) is 6.30. The first-order valence-corrected chi connectivity index (χ1v) is 14.4. The van der Waals surface area contributed by atoms with Crippen molar-refractivity contribution >= 4 is 30.8 Å². The Balaban J connectivity index is 1.51. The summed E-state index contributed by atoms with van der Waals surface area (Å²) in [5, 5.41) is 24.2. The molecule has 0 unspecified atom stereocenters. The van der Waals surface area contributed by atoms with Crippen molar-refractivity contribution in [1.82, 2.24) is 24.6 Å². The Morgan fingerprint density at radius 1 is 1.20 bits per heavy atom. The first kappa shape index (κ1) is 30.8. The summed E-state index contributed by atoms with van der Waals surface area (Å²) in [4.78, 5) is 24.8. The molecule has 1 aliphatic heterocycles. The fourth-order valence-electron chi connectivity index (χ4n) is 4.17. The van der Waals surface area contributed by atoms with Crippen molar-refractivity contribution in [1.29, 1.82) is 0 Å². The molecule has 1 aliphatic rings. The number of anilines is 1. The van der Waals surface area contributed by atoms with Crippen LogP contribution in [0.2, 0.25) is 0 Å². The molecular formula is C25H35N6O9P. The summed E-state index contributed by atoms with van der Waals surface area (Å²) in [5.74, 6) is -0.617. The Bertz CT molecular complexity index is 1420. The van der Waals surface area contributed by atoms with Crippen molar-refractivity contribution in [2.24, 2.45) is 0 Å². The van der Waals surface area contributed by atoms with E-state index in [0.29, 0.717) is 0 Å². The molecule has 1 fully saturated rings. The van der Waals surface area contributed by atoms with Crippen molar-refractivity contribution in [3.05, 3.63) is 41.7 Å². The first-order valence-electron chi connectivity index (χ1n) is 12.9. The second-order valence-electron chi connectivity index (χ2n) is 9.79. The third-order valence-corrected chi connectivity index (χ3v) is 7.99. The number of fused-ring (bicyclic) bond motifs is 1. The van der Waals surface area contributed by atoms with Gasteiger partial charge in [0.25, 0.3) is 0 Å². The standard InChI is InChI=1S/C25H35N6O9P/c1-13(2)39-24(34)15(4)30-41(35,37-10-16-9-7-6-8-14(16)3)38-11-17-19(32)20(33)23(40-17)31-12-27-18-21(31)28-25(26)29-22(18)36-5/h6-9,12-13,15,17,19-20,23,32-33H,10-11H2,1-5H3,(H,30,35)(H2,26,28,29)/t15-,17-,19-,20+,23-,41-/m1/s1. The quantitative estimate of drug-likeness (QED) is 0.174. The molecular weight excluding hydrogens is 559 g/mol. The number of esters is 1. The molecule has 3 heterocycles. The Morgan fingerprint density at radius 2 is 1.93 bits per heavy atom. The number of aryl methyl sites for hydroxylation is 1. The van der Waals surface area contributed by atoms with E-state index in [1.54, 1.807) is 13.8 Å². The lowest BCUT2D eigenvalue weighted by molar-refractivity contribution is -0.149. The van der Waals surface area contributed by atoms with Gasteiger partial charge in [0, 0.05) is 0 Å². The number of aliphatic hydroxyl groups is 2. The second-order valence-corrected chi connectivity index (χ2v) is 11.6. The summed E-state index contributed by atoms with van der Waals surface area (Å²) < 4.78 is 42.8. The molecule has 0 spiro atoms. The maximum Gasteiger partial charge on any atom is 0.406 e. The van der Waals surface area contributed by atoms with Crippen LogP contribution in [0.4, 0.5) is 5.95 Å². The predicted molar refractivity (Wildman–Crippen MR) is 146 cm³/mol. The Morgan fingerprint density at radius 3 is 2.61 bits per heavy atom. The number of nitrogens with zero attached hydrogens (tertiary/aromatic N) is 4. The zero-order valence-corrected chi connectivity index (χ0v) is 24.2. The number of aromatic nitrogens is 4. The van der Waals surface area contributed by atoms with Crippen LogP contribution in [0.25, 0.3) is 11.2 Å². The van der Waals surface area contributed by atoms with Gasteiger partial charge in [-0.05, 0) is 38.8 Å². The van der Waals surface area contributed by atoms with E-state index >= 15 is 0 Å². The molecule has 0 bridgehead atoms. The number of nitrogens with one attached hydrogen (secondary N) is 1. The largest absolute Gasteiger partial charge is 0.479 e. The minimum absolute atomic E-state index is 0.0908. The van der Waals surface area contributed by atoms with E-state index in [2.05, 4.69) is 20.0 Å². The number of ether oxygens (including phenoxy) is 3. The fraction of sp³-hybridized carbons (Fsp3) is 0.520. The van der Waals surface area contributed by atoms with E-state index < -0.39 is 50.9 Å². The van der Waals surface area contributed by atoms with Crippen molar-refractivity contribution in [3.8, 4) is 5.88 Å². The maximum atomic E-state index is 13.8. The van der Waals surface area contributed by atoms with Crippen LogP contribution >= 0.6 is 7.75 Å². The molecule has 0 amide bonds. The molecule has 5 N–H and O–H groups in total. The second kappa shape index (κ2) is 12.8. The van der Waals surface area contributed by atoms with Gasteiger partial charge < -0.3 is 30.2 Å². The molecule has 15 nitrogen and oxygen atoms in total. The van der Waals surface area contributed by atoms with E-state index in [-0.39, 0.29) is 35.7 Å². The smallest absolute Gasteiger partial charge is 0.406 e. The Hall–Kier alpha value is -3.17. The molecule has 6 atom stereocenters. The predicted octanol–water partition coefficient (Wildman–Crippen LogP) is 1.62. The summed E-state index contributed by atoms with van der Waals surface area (Å²) in [6.45, 7) is 6.16. The normalized spacial score (nSPS) is 23.0. The Labute approximate surface area is 236 Å². The van der Waals surface area contributed by atoms with Crippen LogP contribution in [0.5, 0.6) is 5.88 Å². The average Bonchev–Trinajstić information content (AvgIpc) is 3.46. The van der Waals surface area contributed by atoms with Crippen molar-refractivity contribution in [2.75, 3.05) is 19.5 Å². The molecule has 224 valence electrons. The van der Waals surface area contributed by atoms with E-state index in [0.717, 1.165) is 11.1 Å². The highest BCUT2D eigenvalue weighted by atomic mass is 31.2. The number of carbonyl (C=O) groups is 1. The monoisotopic (exact) mass is 594 g/mol. The third-order valence-electron chi connectivity index (χ3n) is 6.33. The molecule has 1 aromatic carbocycles. The number of carbonyl (C=O) groups excluding carboxylic acids is 1. The van der Waals surface area contributed by atoms with E-state index in [1.165, 1.54) is 24.9 Å². The lowest BCUT2D eigenvalue weighted by atomic mass is 10.1. The fourth-order valence-corrected chi connectivity index (χ4v) is 5.62. The van der Waals surface area contributed by atoms with Gasteiger partial charge in [-0.15, -0.1) is 0 Å². The number of hydrogen-bond donors (Lipinski definition) is 4. The number of nitrogen functional groups attached to an aromatic ring is 1. The van der Waals surface area contributed by atoms with Crippen LogP contribution in [0, 0.1) is 6.92 Å². The molecule has 2 aromatic heterocycles. The van der Waals surface area contributed by atoms with Gasteiger partial charge in [0.1, 0.15) is 24.4 Å². The van der Waals surface area contributed by atoms with Crippen LogP contribution in [0.15, 0.2) is 30.6 Å². The summed E-state index contributed by atoms with van der Waals surface area (Å²) >= 11 is 0. The number of imidazole rings is 1. The van der Waals surface area contributed by atoms with Gasteiger partial charge in [0.15, 0.2) is 17.4 Å². The van der Waals surface area contributed by atoms with Gasteiger partial charge in [-0.2, -0.15) is 9.97 Å². The lowest BCUT2D eigenvalue weighted by Crippen LogP contribution is -2.37. The highest BCUT2D eigenvalue weighted by molar-refractivity contribution is 7.51. The van der Waals surface area contributed by atoms with E-state index in [9.17, 15) is 19.6 Å². The minimum atomic E-state index is -4.19. The number of hydrogen-bond acceptors (Lipinski definition) is 13. The third kappa shape index (κ3) is 7.01. The van der Waals surface area contributed by atoms with Crippen LogP contribution in [0.3, 0.4) is 0 Å². The van der Waals surface area contributed by atoms with Crippen LogP contribution < -0.4 is 15.6 Å². The summed E-state index contributed by atoms with van der Waals surface area (Å²) in [7, 11) is -2.79. The molecule has 0 saturated carbocycles. The van der Waals surface area contributed by atoms with Crippen molar-refractivity contribution in [3.63, 3.8) is 0 Å². The van der Waals surface area contributed by atoms with Crippen LogP contribution in [0.1, 0.15) is 38.1 Å². The number of benzene rings is 1. The topological polar surface area (TPSA) is 202 Å². The van der Waals surface area contributed by atoms with E-state index in [1.807, 2.05) is 31.2 Å². The number of rotatable bonds is 12. The molecule has 16 heteroatoms. The number of nitrogens with two attached hydrogens (primary N) is 1. The maximum absolute atomic E-state index is 13.8.